The van der Waals surface area contributed by atoms with Gasteiger partial charge in [0.1, 0.15) is 5.75 Å². The summed E-state index contributed by atoms with van der Waals surface area (Å²) in [6.07, 6.45) is 2.22. The summed E-state index contributed by atoms with van der Waals surface area (Å²) < 4.78 is 32.9. The molecule has 30 heavy (non-hydrogen) atoms. The summed E-state index contributed by atoms with van der Waals surface area (Å²) in [5.41, 5.74) is 0.830. The third-order valence-corrected chi connectivity index (χ3v) is 5.64. The smallest absolute Gasteiger partial charge is 0.261 e. The van der Waals surface area contributed by atoms with Gasteiger partial charge >= 0.3 is 0 Å². The molecule has 0 saturated heterocycles. The zero-order valence-corrected chi connectivity index (χ0v) is 17.7. The maximum absolute atomic E-state index is 12.4. The van der Waals surface area contributed by atoms with E-state index >= 15 is 0 Å². The lowest BCUT2D eigenvalue weighted by Gasteiger charge is -2.09. The zero-order chi connectivity index (χ0) is 21.6. The summed E-state index contributed by atoms with van der Waals surface area (Å²) in [6, 6.07) is 15.6. The van der Waals surface area contributed by atoms with Crippen LogP contribution in [0, 0.1) is 0 Å². The van der Waals surface area contributed by atoms with Crippen LogP contribution in [0.25, 0.3) is 0 Å². The fourth-order valence-electron chi connectivity index (χ4n) is 2.46. The Bertz CT molecular complexity index is 1100. The summed E-state index contributed by atoms with van der Waals surface area (Å²) in [6.45, 7) is 2.60. The van der Waals surface area contributed by atoms with Crippen LogP contribution in [-0.4, -0.2) is 25.9 Å². The van der Waals surface area contributed by atoms with Gasteiger partial charge in [-0.05, 0) is 61.0 Å². The minimum absolute atomic E-state index is 0.0929. The van der Waals surface area contributed by atoms with Crippen molar-refractivity contribution in [3.63, 3.8) is 0 Å². The van der Waals surface area contributed by atoms with E-state index in [1.165, 1.54) is 30.5 Å². The van der Waals surface area contributed by atoms with Crippen LogP contribution in [0.2, 0.25) is 5.02 Å². The first kappa shape index (κ1) is 21.6. The van der Waals surface area contributed by atoms with Gasteiger partial charge in [-0.2, -0.15) is 0 Å². The summed E-state index contributed by atoms with van der Waals surface area (Å²) in [7, 11) is -3.75. The zero-order valence-electron chi connectivity index (χ0n) is 16.1. The molecule has 0 aliphatic carbocycles. The molecule has 0 aliphatic heterocycles. The van der Waals surface area contributed by atoms with Gasteiger partial charge in [0, 0.05) is 23.2 Å². The van der Waals surface area contributed by atoms with Crippen molar-refractivity contribution in [3.05, 3.63) is 77.4 Å². The van der Waals surface area contributed by atoms with Crippen molar-refractivity contribution < 1.29 is 17.9 Å². The molecule has 2 N–H and O–H groups in total. The number of nitrogens with zero attached hydrogens (tertiary/aromatic N) is 1. The van der Waals surface area contributed by atoms with Crippen LogP contribution in [0.4, 0.5) is 5.69 Å². The van der Waals surface area contributed by atoms with E-state index in [2.05, 4.69) is 15.0 Å². The van der Waals surface area contributed by atoms with E-state index in [0.29, 0.717) is 28.6 Å². The number of nitrogens with one attached hydrogen (secondary N) is 2. The lowest BCUT2D eigenvalue weighted by molar-refractivity contribution is 0.0953. The third kappa shape index (κ3) is 5.71. The molecule has 1 aromatic heterocycles. The summed E-state index contributed by atoms with van der Waals surface area (Å²) in [5, 5.41) is 3.25. The molecule has 9 heteroatoms. The standard InChI is InChI=1S/C21H20ClN3O4S/c1-2-13-23-21(26)15-3-8-18(9-4-15)29-20-12-7-17(14-24-20)25-30(27,28)19-10-5-16(22)6-11-19/h3-12,14,25H,2,13H2,1H3,(H,23,26). The second-order valence-corrected chi connectivity index (χ2v) is 8.45. The number of ether oxygens (including phenoxy) is 1. The number of pyridine rings is 1. The molecule has 0 saturated carbocycles. The molecule has 0 spiro atoms. The van der Waals surface area contributed by atoms with Gasteiger partial charge in [-0.25, -0.2) is 13.4 Å². The van der Waals surface area contributed by atoms with Crippen molar-refractivity contribution in [3.8, 4) is 11.6 Å². The van der Waals surface area contributed by atoms with Gasteiger partial charge in [0.15, 0.2) is 0 Å². The Morgan fingerprint density at radius 2 is 1.73 bits per heavy atom. The molecular weight excluding hydrogens is 426 g/mol. The largest absolute Gasteiger partial charge is 0.439 e. The molecular formula is C21H20ClN3O4S. The monoisotopic (exact) mass is 445 g/mol. The number of carbonyl (C=O) groups excluding carboxylic acids is 1. The number of rotatable bonds is 8. The van der Waals surface area contributed by atoms with Crippen LogP contribution in [0.15, 0.2) is 71.8 Å². The summed E-state index contributed by atoms with van der Waals surface area (Å²) in [4.78, 5) is 16.1. The van der Waals surface area contributed by atoms with Crippen LogP contribution >= 0.6 is 11.6 Å². The number of benzene rings is 2. The quantitative estimate of drug-likeness (QED) is 0.533. The Morgan fingerprint density at radius 3 is 2.33 bits per heavy atom. The number of aromatic nitrogens is 1. The van der Waals surface area contributed by atoms with E-state index in [-0.39, 0.29) is 16.7 Å². The molecule has 7 nitrogen and oxygen atoms in total. The Hall–Kier alpha value is -3.10. The maximum atomic E-state index is 12.4. The first-order chi connectivity index (χ1) is 14.4. The van der Waals surface area contributed by atoms with Crippen molar-refractivity contribution in [1.29, 1.82) is 0 Å². The lowest BCUT2D eigenvalue weighted by Crippen LogP contribution is -2.23. The normalized spacial score (nSPS) is 11.0. The first-order valence-electron chi connectivity index (χ1n) is 9.18. The van der Waals surface area contributed by atoms with E-state index < -0.39 is 10.0 Å². The topological polar surface area (TPSA) is 97.4 Å². The maximum Gasteiger partial charge on any atom is 0.261 e. The van der Waals surface area contributed by atoms with Gasteiger partial charge < -0.3 is 10.1 Å². The molecule has 3 aromatic rings. The highest BCUT2D eigenvalue weighted by atomic mass is 35.5. The van der Waals surface area contributed by atoms with E-state index in [1.54, 1.807) is 36.4 Å². The highest BCUT2D eigenvalue weighted by Gasteiger charge is 2.14. The van der Waals surface area contributed by atoms with Gasteiger partial charge in [0.2, 0.25) is 5.88 Å². The fourth-order valence-corrected chi connectivity index (χ4v) is 3.63. The number of hydrogen-bond donors (Lipinski definition) is 2. The third-order valence-electron chi connectivity index (χ3n) is 3.99. The number of carbonyl (C=O) groups is 1. The summed E-state index contributed by atoms with van der Waals surface area (Å²) >= 11 is 5.79. The second kappa shape index (κ2) is 9.60. The van der Waals surface area contributed by atoms with Crippen molar-refractivity contribution >= 4 is 33.2 Å². The minimum atomic E-state index is -3.75. The van der Waals surface area contributed by atoms with Gasteiger partial charge in [-0.3, -0.25) is 9.52 Å². The number of anilines is 1. The van der Waals surface area contributed by atoms with Gasteiger partial charge in [-0.15, -0.1) is 0 Å². The Morgan fingerprint density at radius 1 is 1.03 bits per heavy atom. The van der Waals surface area contributed by atoms with E-state index in [1.807, 2.05) is 6.92 Å². The minimum Gasteiger partial charge on any atom is -0.439 e. The van der Waals surface area contributed by atoms with Gasteiger partial charge in [0.05, 0.1) is 16.8 Å². The number of amides is 1. The van der Waals surface area contributed by atoms with Crippen LogP contribution in [0.5, 0.6) is 11.6 Å². The first-order valence-corrected chi connectivity index (χ1v) is 11.0. The van der Waals surface area contributed by atoms with E-state index in [4.69, 9.17) is 16.3 Å². The average Bonchev–Trinajstić information content (AvgIpc) is 2.74. The Balaban J connectivity index is 1.63. The van der Waals surface area contributed by atoms with Crippen molar-refractivity contribution in [2.75, 3.05) is 11.3 Å². The summed E-state index contributed by atoms with van der Waals surface area (Å²) in [5.74, 6) is 0.649. The van der Waals surface area contributed by atoms with Crippen LogP contribution in [0.3, 0.4) is 0 Å². The van der Waals surface area contributed by atoms with Crippen LogP contribution < -0.4 is 14.8 Å². The molecule has 0 radical (unpaired) electrons. The Kier molecular flexibility index (Phi) is 6.91. The SMILES string of the molecule is CCCNC(=O)c1ccc(Oc2ccc(NS(=O)(=O)c3ccc(Cl)cc3)cn2)cc1. The Labute approximate surface area is 180 Å². The second-order valence-electron chi connectivity index (χ2n) is 6.33. The number of halogens is 1. The highest BCUT2D eigenvalue weighted by molar-refractivity contribution is 7.92. The average molecular weight is 446 g/mol. The molecule has 3 rings (SSSR count). The lowest BCUT2D eigenvalue weighted by atomic mass is 10.2. The molecule has 0 bridgehead atoms. The van der Waals surface area contributed by atoms with E-state index in [9.17, 15) is 13.2 Å². The molecule has 1 heterocycles. The highest BCUT2D eigenvalue weighted by Crippen LogP contribution is 2.23. The molecule has 0 unspecified atom stereocenters. The van der Waals surface area contributed by atoms with Crippen LogP contribution in [0.1, 0.15) is 23.7 Å². The predicted octanol–water partition coefficient (Wildman–Crippen LogP) is 4.47. The molecule has 2 aromatic carbocycles. The van der Waals surface area contributed by atoms with E-state index in [0.717, 1.165) is 6.42 Å². The van der Waals surface area contributed by atoms with Crippen LogP contribution in [-0.2, 0) is 10.0 Å². The van der Waals surface area contributed by atoms with Crippen molar-refractivity contribution in [1.82, 2.24) is 10.3 Å². The predicted molar refractivity (Wildman–Crippen MR) is 116 cm³/mol. The number of hydrogen-bond acceptors (Lipinski definition) is 5. The fraction of sp³-hybridized carbons (Fsp3) is 0.143. The molecule has 0 aliphatic rings. The molecule has 1 amide bonds. The molecule has 0 atom stereocenters. The number of sulfonamides is 1. The molecule has 156 valence electrons. The van der Waals surface area contributed by atoms with Crippen molar-refractivity contribution in [2.24, 2.45) is 0 Å². The van der Waals surface area contributed by atoms with Crippen molar-refractivity contribution in [2.45, 2.75) is 18.2 Å². The molecule has 0 fully saturated rings. The van der Waals surface area contributed by atoms with Gasteiger partial charge in [0.25, 0.3) is 15.9 Å². The van der Waals surface area contributed by atoms with Gasteiger partial charge in [-0.1, -0.05) is 18.5 Å².